The van der Waals surface area contributed by atoms with E-state index in [1.807, 2.05) is 28.9 Å². The molecule has 2 aliphatic heterocycles. The van der Waals surface area contributed by atoms with Crippen LogP contribution in [-0.4, -0.2) is 82.2 Å². The molecule has 1 aromatic rings. The van der Waals surface area contributed by atoms with Crippen LogP contribution in [0.2, 0.25) is 0 Å². The number of piperazine rings is 1. The minimum atomic E-state index is 0.124. The molecule has 1 aromatic heterocycles. The van der Waals surface area contributed by atoms with Gasteiger partial charge in [0.05, 0.1) is 6.20 Å². The summed E-state index contributed by atoms with van der Waals surface area (Å²) in [5.74, 6) is 0.276. The molecule has 0 saturated carbocycles. The summed E-state index contributed by atoms with van der Waals surface area (Å²) >= 11 is 0. The van der Waals surface area contributed by atoms with E-state index in [4.69, 9.17) is 0 Å². The summed E-state index contributed by atoms with van der Waals surface area (Å²) in [6.07, 6.45) is 9.59. The van der Waals surface area contributed by atoms with E-state index in [0.29, 0.717) is 13.0 Å². The van der Waals surface area contributed by atoms with Crippen LogP contribution >= 0.6 is 0 Å². The molecule has 0 aromatic carbocycles. The second-order valence-electron chi connectivity index (χ2n) is 7.57. The third-order valence-corrected chi connectivity index (χ3v) is 5.91. The van der Waals surface area contributed by atoms with Gasteiger partial charge in [-0.3, -0.25) is 19.3 Å². The van der Waals surface area contributed by atoms with Gasteiger partial charge in [0.15, 0.2) is 0 Å². The smallest absolute Gasteiger partial charge is 0.222 e. The first-order valence-electron chi connectivity index (χ1n) is 9.32. The maximum Gasteiger partial charge on any atom is 0.222 e. The quantitative estimate of drug-likeness (QED) is 0.751. The zero-order chi connectivity index (χ0) is 17.9. The van der Waals surface area contributed by atoms with Crippen molar-refractivity contribution in [3.05, 3.63) is 30.6 Å². The number of carbonyl (C=O) groups is 1. The Hall–Kier alpha value is -1.66. The molecule has 3 rings (SSSR count). The molecule has 0 N–H and O–H groups in total. The van der Waals surface area contributed by atoms with E-state index >= 15 is 0 Å². The molecule has 3 heterocycles. The Bertz CT molecular complexity index is 613. The number of aromatic nitrogens is 2. The molecule has 6 heteroatoms. The molecule has 0 radical (unpaired) electrons. The summed E-state index contributed by atoms with van der Waals surface area (Å²) in [5.41, 5.74) is 1.42. The topological polar surface area (TPSA) is 44.6 Å². The van der Waals surface area contributed by atoms with Crippen LogP contribution in [0, 0.1) is 0 Å². The molecule has 0 aliphatic carbocycles. The van der Waals surface area contributed by atoms with Gasteiger partial charge in [0.25, 0.3) is 0 Å². The second kappa shape index (κ2) is 7.70. The number of aryl methyl sites for hydroxylation is 1. The SMILES string of the molecule is C=CCN1CC[C@@]2(CCC1=O)CN(CCc1cnn(C)c1)CCN2C. The zero-order valence-corrected chi connectivity index (χ0v) is 15.7. The van der Waals surface area contributed by atoms with Crippen LogP contribution in [0.5, 0.6) is 0 Å². The van der Waals surface area contributed by atoms with E-state index in [1.165, 1.54) is 5.56 Å². The van der Waals surface area contributed by atoms with Crippen molar-refractivity contribution in [2.75, 3.05) is 46.3 Å². The summed E-state index contributed by atoms with van der Waals surface area (Å²) in [4.78, 5) is 19.4. The Morgan fingerprint density at radius 1 is 1.28 bits per heavy atom. The lowest BCUT2D eigenvalue weighted by atomic mass is 9.86. The summed E-state index contributed by atoms with van der Waals surface area (Å²) in [6, 6.07) is 0. The molecule has 2 aliphatic rings. The number of carbonyl (C=O) groups excluding carboxylic acids is 1. The highest BCUT2D eigenvalue weighted by molar-refractivity contribution is 5.76. The van der Waals surface area contributed by atoms with Gasteiger partial charge in [-0.25, -0.2) is 0 Å². The van der Waals surface area contributed by atoms with Crippen LogP contribution in [-0.2, 0) is 18.3 Å². The minimum Gasteiger partial charge on any atom is -0.339 e. The molecular formula is C19H31N5O. The number of hydrogen-bond donors (Lipinski definition) is 0. The minimum absolute atomic E-state index is 0.124. The lowest BCUT2D eigenvalue weighted by molar-refractivity contribution is -0.130. The molecular weight excluding hydrogens is 314 g/mol. The van der Waals surface area contributed by atoms with Gasteiger partial charge in [-0.15, -0.1) is 6.58 Å². The standard InChI is InChI=1S/C19H31N5O/c1-4-9-24-11-8-19(7-5-18(24)25)16-23(13-12-21(19)2)10-6-17-14-20-22(3)15-17/h4,14-15H,1,5-13,16H2,2-3H3/t19-/m0/s1. The maximum atomic E-state index is 12.4. The van der Waals surface area contributed by atoms with Crippen LogP contribution in [0.3, 0.4) is 0 Å². The van der Waals surface area contributed by atoms with Crippen LogP contribution in [0.4, 0.5) is 0 Å². The summed E-state index contributed by atoms with van der Waals surface area (Å²) in [7, 11) is 4.19. The van der Waals surface area contributed by atoms with E-state index in [-0.39, 0.29) is 11.4 Å². The highest BCUT2D eigenvalue weighted by Crippen LogP contribution is 2.32. The largest absolute Gasteiger partial charge is 0.339 e. The van der Waals surface area contributed by atoms with Gasteiger partial charge in [0.2, 0.25) is 5.91 Å². The predicted molar refractivity (Wildman–Crippen MR) is 99.3 cm³/mol. The van der Waals surface area contributed by atoms with E-state index in [9.17, 15) is 4.79 Å². The summed E-state index contributed by atoms with van der Waals surface area (Å²) < 4.78 is 1.87. The normalized spacial score (nSPS) is 26.2. The van der Waals surface area contributed by atoms with E-state index in [2.05, 4.69) is 34.7 Å². The van der Waals surface area contributed by atoms with Crippen molar-refractivity contribution in [2.45, 2.75) is 31.2 Å². The number of likely N-dealkylation sites (tertiary alicyclic amines) is 1. The molecule has 2 fully saturated rings. The summed E-state index contributed by atoms with van der Waals surface area (Å²) in [6.45, 7) is 9.58. The third kappa shape index (κ3) is 4.12. The number of amides is 1. The van der Waals surface area contributed by atoms with E-state index in [1.54, 1.807) is 0 Å². The van der Waals surface area contributed by atoms with Crippen LogP contribution in [0.15, 0.2) is 25.0 Å². The van der Waals surface area contributed by atoms with Gasteiger partial charge >= 0.3 is 0 Å². The van der Waals surface area contributed by atoms with Crippen molar-refractivity contribution in [1.29, 1.82) is 0 Å². The molecule has 1 spiro atoms. The third-order valence-electron chi connectivity index (χ3n) is 5.91. The van der Waals surface area contributed by atoms with Crippen molar-refractivity contribution >= 4 is 5.91 Å². The van der Waals surface area contributed by atoms with Crippen LogP contribution in [0.25, 0.3) is 0 Å². The fourth-order valence-electron chi connectivity index (χ4n) is 4.20. The fraction of sp³-hybridized carbons (Fsp3) is 0.684. The molecule has 1 amide bonds. The van der Waals surface area contributed by atoms with Gasteiger partial charge < -0.3 is 4.90 Å². The number of rotatable bonds is 5. The Morgan fingerprint density at radius 3 is 2.84 bits per heavy atom. The number of nitrogens with zero attached hydrogens (tertiary/aromatic N) is 5. The highest BCUT2D eigenvalue weighted by Gasteiger charge is 2.41. The molecule has 0 unspecified atom stereocenters. The first-order chi connectivity index (χ1) is 12.0. The average molecular weight is 345 g/mol. The number of likely N-dealkylation sites (N-methyl/N-ethyl adjacent to an activating group) is 1. The predicted octanol–water partition coefficient (Wildman–Crippen LogP) is 1.15. The van der Waals surface area contributed by atoms with Crippen molar-refractivity contribution in [3.63, 3.8) is 0 Å². The zero-order valence-electron chi connectivity index (χ0n) is 15.7. The van der Waals surface area contributed by atoms with Crippen molar-refractivity contribution in [3.8, 4) is 0 Å². The van der Waals surface area contributed by atoms with Crippen molar-refractivity contribution < 1.29 is 4.79 Å². The summed E-state index contributed by atoms with van der Waals surface area (Å²) in [5, 5.41) is 4.26. The van der Waals surface area contributed by atoms with Gasteiger partial charge in [-0.2, -0.15) is 5.10 Å². The Balaban J connectivity index is 1.63. The fourth-order valence-corrected chi connectivity index (χ4v) is 4.20. The first kappa shape index (κ1) is 18.1. The first-order valence-corrected chi connectivity index (χ1v) is 9.32. The average Bonchev–Trinajstić information content (AvgIpc) is 2.95. The second-order valence-corrected chi connectivity index (χ2v) is 7.57. The van der Waals surface area contributed by atoms with Crippen LogP contribution < -0.4 is 0 Å². The molecule has 25 heavy (non-hydrogen) atoms. The Kier molecular flexibility index (Phi) is 5.59. The molecule has 138 valence electrons. The van der Waals surface area contributed by atoms with E-state index < -0.39 is 0 Å². The number of hydrogen-bond acceptors (Lipinski definition) is 4. The monoisotopic (exact) mass is 345 g/mol. The van der Waals surface area contributed by atoms with Gasteiger partial charge in [0.1, 0.15) is 0 Å². The molecule has 1 atom stereocenters. The molecule has 0 bridgehead atoms. The van der Waals surface area contributed by atoms with E-state index in [0.717, 1.165) is 52.0 Å². The Morgan fingerprint density at radius 2 is 2.12 bits per heavy atom. The Labute approximate surface area is 151 Å². The van der Waals surface area contributed by atoms with Crippen molar-refractivity contribution in [1.82, 2.24) is 24.5 Å². The maximum absolute atomic E-state index is 12.4. The van der Waals surface area contributed by atoms with Crippen LogP contribution in [0.1, 0.15) is 24.8 Å². The van der Waals surface area contributed by atoms with Gasteiger partial charge in [0, 0.05) is 64.5 Å². The van der Waals surface area contributed by atoms with Gasteiger partial charge in [-0.05, 0) is 31.9 Å². The van der Waals surface area contributed by atoms with Gasteiger partial charge in [-0.1, -0.05) is 6.08 Å². The molecule has 2 saturated heterocycles. The molecule has 6 nitrogen and oxygen atoms in total. The highest BCUT2D eigenvalue weighted by atomic mass is 16.2. The lowest BCUT2D eigenvalue weighted by Gasteiger charge is -2.49. The van der Waals surface area contributed by atoms with Crippen molar-refractivity contribution in [2.24, 2.45) is 7.05 Å². The lowest BCUT2D eigenvalue weighted by Crippen LogP contribution is -2.61.